The lowest BCUT2D eigenvalue weighted by Crippen LogP contribution is -2.36. The fourth-order valence-electron chi connectivity index (χ4n) is 2.29. The predicted molar refractivity (Wildman–Crippen MR) is 74.6 cm³/mol. The first-order chi connectivity index (χ1) is 8.77. The monoisotopic (exact) mass is 242 g/mol. The molecule has 1 heterocycles. The van der Waals surface area contributed by atoms with Gasteiger partial charge in [0, 0.05) is 25.3 Å². The number of fused-ring (bicyclic) bond motifs is 1. The van der Waals surface area contributed by atoms with Gasteiger partial charge in [0.15, 0.2) is 0 Å². The fourth-order valence-corrected chi connectivity index (χ4v) is 2.29. The van der Waals surface area contributed by atoms with Crippen molar-refractivity contribution in [3.63, 3.8) is 0 Å². The highest BCUT2D eigenvalue weighted by Gasteiger charge is 2.30. The molecule has 0 saturated carbocycles. The van der Waals surface area contributed by atoms with E-state index in [4.69, 9.17) is 0 Å². The number of amides is 1. The van der Waals surface area contributed by atoms with Crippen LogP contribution in [0, 0.1) is 0 Å². The predicted octanol–water partition coefficient (Wildman–Crippen LogP) is 2.40. The number of nitrogens with one attached hydrogen (secondary N) is 1. The summed E-state index contributed by atoms with van der Waals surface area (Å²) in [6, 6.07) is 7.97. The molecule has 1 aromatic carbocycles. The Balaban J connectivity index is 2.19. The van der Waals surface area contributed by atoms with Gasteiger partial charge in [-0.3, -0.25) is 4.79 Å². The van der Waals surface area contributed by atoms with Crippen molar-refractivity contribution < 1.29 is 4.79 Å². The number of carbonyl (C=O) groups excluding carboxylic acids is 1. The second-order valence-electron chi connectivity index (χ2n) is 4.34. The third kappa shape index (κ3) is 2.30. The molecule has 1 atom stereocenters. The Labute approximate surface area is 108 Å². The van der Waals surface area contributed by atoms with Crippen molar-refractivity contribution in [3.05, 3.63) is 55.1 Å². The maximum absolute atomic E-state index is 12.5. The van der Waals surface area contributed by atoms with E-state index in [2.05, 4.69) is 18.5 Å². The molecule has 0 radical (unpaired) electrons. The van der Waals surface area contributed by atoms with Gasteiger partial charge in [-0.2, -0.15) is 0 Å². The van der Waals surface area contributed by atoms with Gasteiger partial charge in [-0.05, 0) is 11.6 Å². The molecule has 1 aliphatic rings. The standard InChI is InChI=1S/C15H18N2O/c1-3-9-17(10-4-2)15(18)13-11-16-14-8-6-5-7-12(13)14/h3-8,13,16H,1-2,9-11H2. The molecule has 1 aliphatic heterocycles. The fraction of sp³-hybridized carbons (Fsp3) is 0.267. The van der Waals surface area contributed by atoms with Crippen molar-refractivity contribution in [1.82, 2.24) is 4.90 Å². The van der Waals surface area contributed by atoms with Crippen LogP contribution in [0.4, 0.5) is 5.69 Å². The second kappa shape index (κ2) is 5.54. The third-order valence-electron chi connectivity index (χ3n) is 3.14. The van der Waals surface area contributed by atoms with Crippen LogP contribution in [0.1, 0.15) is 11.5 Å². The average Bonchev–Trinajstić information content (AvgIpc) is 2.81. The average molecular weight is 242 g/mol. The Bertz CT molecular complexity index is 457. The maximum Gasteiger partial charge on any atom is 0.232 e. The van der Waals surface area contributed by atoms with Crippen LogP contribution in [0.5, 0.6) is 0 Å². The molecular formula is C15H18N2O. The highest BCUT2D eigenvalue weighted by Crippen LogP contribution is 2.32. The third-order valence-corrected chi connectivity index (χ3v) is 3.14. The number of anilines is 1. The number of hydrogen-bond donors (Lipinski definition) is 1. The van der Waals surface area contributed by atoms with Gasteiger partial charge in [-0.15, -0.1) is 13.2 Å². The van der Waals surface area contributed by atoms with Gasteiger partial charge < -0.3 is 10.2 Å². The topological polar surface area (TPSA) is 32.3 Å². The van der Waals surface area contributed by atoms with Gasteiger partial charge in [0.2, 0.25) is 5.91 Å². The largest absolute Gasteiger partial charge is 0.384 e. The molecule has 3 heteroatoms. The summed E-state index contributed by atoms with van der Waals surface area (Å²) >= 11 is 0. The van der Waals surface area contributed by atoms with E-state index < -0.39 is 0 Å². The first-order valence-corrected chi connectivity index (χ1v) is 6.11. The van der Waals surface area contributed by atoms with E-state index >= 15 is 0 Å². The van der Waals surface area contributed by atoms with Crippen LogP contribution in [0.25, 0.3) is 0 Å². The van der Waals surface area contributed by atoms with Crippen LogP contribution in [0.15, 0.2) is 49.6 Å². The van der Waals surface area contributed by atoms with Gasteiger partial charge in [-0.25, -0.2) is 0 Å². The lowest BCUT2D eigenvalue weighted by atomic mass is 10.00. The van der Waals surface area contributed by atoms with E-state index in [0.717, 1.165) is 11.3 Å². The maximum atomic E-state index is 12.5. The molecule has 2 rings (SSSR count). The summed E-state index contributed by atoms with van der Waals surface area (Å²) in [5.41, 5.74) is 2.15. The van der Waals surface area contributed by atoms with Crippen LogP contribution in [-0.2, 0) is 4.79 Å². The van der Waals surface area contributed by atoms with Crippen molar-refractivity contribution in [2.75, 3.05) is 25.0 Å². The molecular weight excluding hydrogens is 224 g/mol. The van der Waals surface area contributed by atoms with E-state index in [1.165, 1.54) is 0 Å². The first-order valence-electron chi connectivity index (χ1n) is 6.11. The number of hydrogen-bond acceptors (Lipinski definition) is 2. The van der Waals surface area contributed by atoms with Crippen LogP contribution >= 0.6 is 0 Å². The minimum Gasteiger partial charge on any atom is -0.384 e. The van der Waals surface area contributed by atoms with Crippen molar-refractivity contribution in [1.29, 1.82) is 0 Å². The highest BCUT2D eigenvalue weighted by molar-refractivity contribution is 5.88. The summed E-state index contributed by atoms with van der Waals surface area (Å²) < 4.78 is 0. The normalized spacial score (nSPS) is 16.6. The minimum atomic E-state index is -0.0962. The first kappa shape index (κ1) is 12.4. The number of rotatable bonds is 5. The van der Waals surface area contributed by atoms with Crippen molar-refractivity contribution in [2.45, 2.75) is 5.92 Å². The molecule has 0 bridgehead atoms. The lowest BCUT2D eigenvalue weighted by Gasteiger charge is -2.23. The second-order valence-corrected chi connectivity index (χ2v) is 4.34. The van der Waals surface area contributed by atoms with Gasteiger partial charge in [0.1, 0.15) is 0 Å². The molecule has 0 aromatic heterocycles. The highest BCUT2D eigenvalue weighted by atomic mass is 16.2. The molecule has 1 unspecified atom stereocenters. The summed E-state index contributed by atoms with van der Waals surface area (Å²) in [5.74, 6) is 0.0355. The molecule has 94 valence electrons. The Morgan fingerprint density at radius 1 is 1.33 bits per heavy atom. The molecule has 1 amide bonds. The Morgan fingerprint density at radius 3 is 2.67 bits per heavy atom. The van der Waals surface area contributed by atoms with Crippen LogP contribution in [0.3, 0.4) is 0 Å². The smallest absolute Gasteiger partial charge is 0.232 e. The van der Waals surface area contributed by atoms with Gasteiger partial charge in [0.05, 0.1) is 5.92 Å². The summed E-state index contributed by atoms with van der Waals surface area (Å²) in [4.78, 5) is 14.3. The summed E-state index contributed by atoms with van der Waals surface area (Å²) in [6.45, 7) is 9.17. The van der Waals surface area contributed by atoms with Gasteiger partial charge in [-0.1, -0.05) is 30.4 Å². The van der Waals surface area contributed by atoms with Crippen LogP contribution < -0.4 is 5.32 Å². The quantitative estimate of drug-likeness (QED) is 0.804. The molecule has 1 N–H and O–H groups in total. The molecule has 0 aliphatic carbocycles. The molecule has 0 saturated heterocycles. The van der Waals surface area contributed by atoms with Crippen molar-refractivity contribution >= 4 is 11.6 Å². The summed E-state index contributed by atoms with van der Waals surface area (Å²) in [7, 11) is 0. The number of benzene rings is 1. The minimum absolute atomic E-state index is 0.0962. The van der Waals surface area contributed by atoms with E-state index in [-0.39, 0.29) is 11.8 Å². The Morgan fingerprint density at radius 2 is 2.00 bits per heavy atom. The SMILES string of the molecule is C=CCN(CC=C)C(=O)C1CNc2ccccc21. The Hall–Kier alpha value is -2.03. The van der Waals surface area contributed by atoms with Crippen molar-refractivity contribution in [2.24, 2.45) is 0 Å². The van der Waals surface area contributed by atoms with Crippen LogP contribution in [-0.4, -0.2) is 30.4 Å². The van der Waals surface area contributed by atoms with Gasteiger partial charge in [0.25, 0.3) is 0 Å². The molecule has 1 aromatic rings. The zero-order valence-corrected chi connectivity index (χ0v) is 10.4. The van der Waals surface area contributed by atoms with E-state index in [0.29, 0.717) is 19.6 Å². The number of nitrogens with zero attached hydrogens (tertiary/aromatic N) is 1. The van der Waals surface area contributed by atoms with E-state index in [1.807, 2.05) is 24.3 Å². The lowest BCUT2D eigenvalue weighted by molar-refractivity contribution is -0.131. The van der Waals surface area contributed by atoms with E-state index in [1.54, 1.807) is 17.1 Å². The van der Waals surface area contributed by atoms with Crippen LogP contribution in [0.2, 0.25) is 0 Å². The number of para-hydroxylation sites is 1. The van der Waals surface area contributed by atoms with Crippen molar-refractivity contribution in [3.8, 4) is 0 Å². The zero-order chi connectivity index (χ0) is 13.0. The van der Waals surface area contributed by atoms with Gasteiger partial charge >= 0.3 is 0 Å². The summed E-state index contributed by atoms with van der Waals surface area (Å²) in [5, 5.41) is 3.27. The van der Waals surface area contributed by atoms with E-state index in [9.17, 15) is 4.79 Å². The summed E-state index contributed by atoms with van der Waals surface area (Å²) in [6.07, 6.45) is 3.49. The zero-order valence-electron chi connectivity index (χ0n) is 10.4. The molecule has 0 spiro atoms. The molecule has 3 nitrogen and oxygen atoms in total. The number of carbonyl (C=O) groups is 1. The Kier molecular flexibility index (Phi) is 3.82. The molecule has 18 heavy (non-hydrogen) atoms. The molecule has 0 fully saturated rings.